The maximum absolute atomic E-state index is 11.4. The van der Waals surface area contributed by atoms with Crippen LogP contribution in [0.5, 0.6) is 0 Å². The summed E-state index contributed by atoms with van der Waals surface area (Å²) in [5, 5.41) is 1.52. The van der Waals surface area contributed by atoms with Crippen LogP contribution < -0.4 is 10.8 Å². The molecule has 0 aliphatic rings. The van der Waals surface area contributed by atoms with Gasteiger partial charge in [0.1, 0.15) is 6.54 Å². The van der Waals surface area contributed by atoms with E-state index in [1.54, 1.807) is 5.48 Å². The molecule has 2 amide bonds. The Kier molecular flexibility index (Phi) is 3.66. The van der Waals surface area contributed by atoms with Gasteiger partial charge in [-0.15, -0.1) is 0 Å². The van der Waals surface area contributed by atoms with Gasteiger partial charge in [0.25, 0.3) is 0 Å². The zero-order valence-corrected chi connectivity index (χ0v) is 5.66. The lowest BCUT2D eigenvalue weighted by Gasteiger charge is -2.07. The lowest BCUT2D eigenvalue weighted by atomic mass is 10.6. The largest absolute Gasteiger partial charge is 0.405 e. The number of hydrogen-bond acceptors (Lipinski definition) is 2. The fraction of sp³-hybridized carbons (Fsp3) is 0.750. The van der Waals surface area contributed by atoms with Gasteiger partial charge in [0.15, 0.2) is 0 Å². The summed E-state index contributed by atoms with van der Waals surface area (Å²) in [5.74, 6) is 0. The Morgan fingerprint density at radius 3 is 2.45 bits per heavy atom. The van der Waals surface area contributed by atoms with Crippen LogP contribution in [0.2, 0.25) is 0 Å². The molecule has 0 aromatic heterocycles. The van der Waals surface area contributed by atoms with Crippen molar-refractivity contribution >= 4 is 6.03 Å². The molecule has 11 heavy (non-hydrogen) atoms. The molecule has 7 heteroatoms. The van der Waals surface area contributed by atoms with E-state index in [0.29, 0.717) is 0 Å². The minimum atomic E-state index is -4.40. The van der Waals surface area contributed by atoms with Crippen molar-refractivity contribution in [3.05, 3.63) is 0 Å². The van der Waals surface area contributed by atoms with E-state index < -0.39 is 18.8 Å². The van der Waals surface area contributed by atoms with E-state index in [0.717, 1.165) is 7.11 Å². The number of rotatable bonds is 2. The second kappa shape index (κ2) is 4.02. The maximum Gasteiger partial charge on any atom is 0.405 e. The molecule has 0 aliphatic carbocycles. The standard InChI is InChI=1S/C4H7F3N2O2/c1-11-9-3(10)8-2-4(5,6)7/h2H2,1H3,(H2,8,9,10). The molecule has 0 aromatic carbocycles. The third-order valence-electron chi connectivity index (χ3n) is 0.644. The number of carbonyl (C=O) groups is 1. The molecular formula is C4H7F3N2O2. The van der Waals surface area contributed by atoms with Crippen LogP contribution in [0.4, 0.5) is 18.0 Å². The summed E-state index contributed by atoms with van der Waals surface area (Å²) in [6, 6.07) is -1.02. The molecule has 66 valence electrons. The lowest BCUT2D eigenvalue weighted by Crippen LogP contribution is -2.40. The molecule has 0 radical (unpaired) electrons. The van der Waals surface area contributed by atoms with Crippen molar-refractivity contribution in [1.29, 1.82) is 0 Å². The second-order valence-corrected chi connectivity index (χ2v) is 1.60. The SMILES string of the molecule is CONC(=O)NCC(F)(F)F. The number of amides is 2. The average molecular weight is 172 g/mol. The van der Waals surface area contributed by atoms with Gasteiger partial charge in [0.2, 0.25) is 0 Å². The van der Waals surface area contributed by atoms with Crippen LogP contribution in [0.25, 0.3) is 0 Å². The van der Waals surface area contributed by atoms with E-state index >= 15 is 0 Å². The summed E-state index contributed by atoms with van der Waals surface area (Å²) in [6.07, 6.45) is -4.40. The highest BCUT2D eigenvalue weighted by molar-refractivity contribution is 5.72. The van der Waals surface area contributed by atoms with Crippen molar-refractivity contribution in [2.24, 2.45) is 0 Å². The fourth-order valence-corrected chi connectivity index (χ4v) is 0.309. The fourth-order valence-electron chi connectivity index (χ4n) is 0.309. The monoisotopic (exact) mass is 172 g/mol. The molecule has 0 bridgehead atoms. The first-order chi connectivity index (χ1) is 4.95. The van der Waals surface area contributed by atoms with Crippen LogP contribution in [0.15, 0.2) is 0 Å². The maximum atomic E-state index is 11.4. The van der Waals surface area contributed by atoms with Gasteiger partial charge in [0.05, 0.1) is 7.11 Å². The smallest absolute Gasteiger partial charge is 0.327 e. The molecule has 0 aromatic rings. The number of hydroxylamine groups is 1. The predicted molar refractivity (Wildman–Crippen MR) is 29.6 cm³/mol. The summed E-state index contributed by atoms with van der Waals surface area (Å²) < 4.78 is 34.1. The van der Waals surface area contributed by atoms with Crippen LogP contribution in [0.1, 0.15) is 0 Å². The summed E-state index contributed by atoms with van der Waals surface area (Å²) in [4.78, 5) is 14.3. The van der Waals surface area contributed by atoms with Crippen molar-refractivity contribution in [2.45, 2.75) is 6.18 Å². The molecule has 0 saturated carbocycles. The first-order valence-corrected chi connectivity index (χ1v) is 2.59. The minimum Gasteiger partial charge on any atom is -0.327 e. The van der Waals surface area contributed by atoms with E-state index in [4.69, 9.17) is 0 Å². The average Bonchev–Trinajstić information content (AvgIpc) is 1.83. The summed E-state index contributed by atoms with van der Waals surface area (Å²) in [6.45, 7) is -1.37. The van der Waals surface area contributed by atoms with Crippen LogP contribution >= 0.6 is 0 Å². The van der Waals surface area contributed by atoms with Gasteiger partial charge in [-0.3, -0.25) is 4.84 Å². The molecule has 0 spiro atoms. The molecule has 0 rings (SSSR count). The molecule has 0 saturated heterocycles. The van der Waals surface area contributed by atoms with Gasteiger partial charge in [0, 0.05) is 0 Å². The normalized spacial score (nSPS) is 10.9. The van der Waals surface area contributed by atoms with Crippen molar-refractivity contribution in [3.63, 3.8) is 0 Å². The highest BCUT2D eigenvalue weighted by atomic mass is 19.4. The van der Waals surface area contributed by atoms with Gasteiger partial charge in [-0.05, 0) is 0 Å². The third-order valence-corrected chi connectivity index (χ3v) is 0.644. The van der Waals surface area contributed by atoms with Gasteiger partial charge >= 0.3 is 12.2 Å². The van der Waals surface area contributed by atoms with Gasteiger partial charge < -0.3 is 5.32 Å². The third kappa shape index (κ3) is 6.91. The molecule has 2 N–H and O–H groups in total. The summed E-state index contributed by atoms with van der Waals surface area (Å²) in [7, 11) is 1.12. The number of alkyl halides is 3. The van der Waals surface area contributed by atoms with Crippen molar-refractivity contribution in [1.82, 2.24) is 10.8 Å². The molecule has 0 unspecified atom stereocenters. The lowest BCUT2D eigenvalue weighted by molar-refractivity contribution is -0.123. The minimum absolute atomic E-state index is 1.02. The molecule has 0 fully saturated rings. The number of carbonyl (C=O) groups excluding carboxylic acids is 1. The van der Waals surface area contributed by atoms with Crippen LogP contribution in [0.3, 0.4) is 0 Å². The highest BCUT2D eigenvalue weighted by Crippen LogP contribution is 2.11. The highest BCUT2D eigenvalue weighted by Gasteiger charge is 2.27. The van der Waals surface area contributed by atoms with E-state index in [1.807, 2.05) is 0 Å². The quantitative estimate of drug-likeness (QED) is 0.592. The van der Waals surface area contributed by atoms with Crippen LogP contribution in [-0.2, 0) is 4.84 Å². The Bertz CT molecular complexity index is 136. The van der Waals surface area contributed by atoms with Gasteiger partial charge in [-0.25, -0.2) is 10.3 Å². The molecule has 0 heterocycles. The Morgan fingerprint density at radius 2 is 2.09 bits per heavy atom. The molecular weight excluding hydrogens is 165 g/mol. The Labute approximate surface area is 60.7 Å². The van der Waals surface area contributed by atoms with Crippen LogP contribution in [-0.4, -0.2) is 25.9 Å². The zero-order valence-electron chi connectivity index (χ0n) is 5.66. The number of halogens is 3. The van der Waals surface area contributed by atoms with E-state index in [1.165, 1.54) is 5.32 Å². The number of hydrogen-bond donors (Lipinski definition) is 2. The molecule has 0 aliphatic heterocycles. The van der Waals surface area contributed by atoms with Gasteiger partial charge in [-0.1, -0.05) is 0 Å². The summed E-state index contributed by atoms with van der Waals surface area (Å²) in [5.41, 5.74) is 1.67. The number of nitrogens with one attached hydrogen (secondary N) is 2. The van der Waals surface area contributed by atoms with Crippen molar-refractivity contribution in [3.8, 4) is 0 Å². The van der Waals surface area contributed by atoms with E-state index in [2.05, 4.69) is 4.84 Å². The summed E-state index contributed by atoms with van der Waals surface area (Å²) >= 11 is 0. The Hall–Kier alpha value is -0.980. The predicted octanol–water partition coefficient (Wildman–Crippen LogP) is 0.409. The first kappa shape index (κ1) is 10.0. The number of urea groups is 1. The zero-order chi connectivity index (χ0) is 8.91. The van der Waals surface area contributed by atoms with E-state index in [9.17, 15) is 18.0 Å². The molecule has 4 nitrogen and oxygen atoms in total. The van der Waals surface area contributed by atoms with Crippen LogP contribution in [0, 0.1) is 0 Å². The Balaban J connectivity index is 3.46. The first-order valence-electron chi connectivity index (χ1n) is 2.59. The molecule has 0 atom stereocenters. The second-order valence-electron chi connectivity index (χ2n) is 1.60. The van der Waals surface area contributed by atoms with Crippen molar-refractivity contribution < 1.29 is 22.8 Å². The topological polar surface area (TPSA) is 50.4 Å². The van der Waals surface area contributed by atoms with Crippen molar-refractivity contribution in [2.75, 3.05) is 13.7 Å². The van der Waals surface area contributed by atoms with Gasteiger partial charge in [-0.2, -0.15) is 13.2 Å². The van der Waals surface area contributed by atoms with E-state index in [-0.39, 0.29) is 0 Å². The Morgan fingerprint density at radius 1 is 1.55 bits per heavy atom.